The molecule has 6 nitrogen and oxygen atoms in total. The van der Waals surface area contributed by atoms with Crippen LogP contribution in [0.15, 0.2) is 48.5 Å². The highest BCUT2D eigenvalue weighted by atomic mass is 35.5. The molecule has 0 unspecified atom stereocenters. The lowest BCUT2D eigenvalue weighted by Crippen LogP contribution is -2.39. The summed E-state index contributed by atoms with van der Waals surface area (Å²) in [6, 6.07) is 11.1. The van der Waals surface area contributed by atoms with Crippen molar-refractivity contribution >= 4 is 51.3 Å². The molecule has 28 heavy (non-hydrogen) atoms. The molecule has 3 aromatic rings. The van der Waals surface area contributed by atoms with Gasteiger partial charge in [-0.05, 0) is 55.5 Å². The predicted octanol–water partition coefficient (Wildman–Crippen LogP) is 3.76. The third-order valence-corrected chi connectivity index (χ3v) is 5.39. The number of carbonyl (C=O) groups excluding carboxylic acids is 2. The highest BCUT2D eigenvalue weighted by molar-refractivity contribution is 7.18. The van der Waals surface area contributed by atoms with Crippen LogP contribution in [0.2, 0.25) is 5.02 Å². The molecule has 4 N–H and O–H groups in total. The Morgan fingerprint density at radius 1 is 1.14 bits per heavy atom. The van der Waals surface area contributed by atoms with Crippen molar-refractivity contribution in [2.24, 2.45) is 5.73 Å². The van der Waals surface area contributed by atoms with E-state index in [9.17, 15) is 14.0 Å². The Morgan fingerprint density at radius 3 is 2.32 bits per heavy atom. The lowest BCUT2D eigenvalue weighted by molar-refractivity contribution is -0.118. The van der Waals surface area contributed by atoms with Crippen molar-refractivity contribution in [2.45, 2.75) is 13.0 Å². The summed E-state index contributed by atoms with van der Waals surface area (Å²) in [6.07, 6.45) is 0. The zero-order chi connectivity index (χ0) is 20.4. The van der Waals surface area contributed by atoms with Gasteiger partial charge in [0.15, 0.2) is 5.13 Å². The Kier molecular flexibility index (Phi) is 5.62. The van der Waals surface area contributed by atoms with Gasteiger partial charge in [-0.25, -0.2) is 9.37 Å². The number of nitrogens with zero attached hydrogens (tertiary/aromatic N) is 2. The van der Waals surface area contributed by atoms with Gasteiger partial charge in [0.25, 0.3) is 0 Å². The molecule has 3 rings (SSSR count). The topological polar surface area (TPSA) is 102 Å². The summed E-state index contributed by atoms with van der Waals surface area (Å²) in [5.41, 5.74) is 12.4. The van der Waals surface area contributed by atoms with E-state index in [1.165, 1.54) is 24.3 Å². The number of hydrogen-bond acceptors (Lipinski definition) is 6. The van der Waals surface area contributed by atoms with Crippen molar-refractivity contribution in [1.29, 1.82) is 0 Å². The minimum Gasteiger partial charge on any atom is -0.382 e. The number of rotatable bonds is 6. The summed E-state index contributed by atoms with van der Waals surface area (Å²) in [5, 5.41) is 0.859. The molecular weight excluding hydrogens is 403 g/mol. The maximum absolute atomic E-state index is 13.1. The van der Waals surface area contributed by atoms with Gasteiger partial charge in [-0.2, -0.15) is 0 Å². The number of carbonyl (C=O) groups is 2. The first-order valence-electron chi connectivity index (χ1n) is 8.18. The Morgan fingerprint density at radius 2 is 1.75 bits per heavy atom. The lowest BCUT2D eigenvalue weighted by atomic mass is 10.1. The molecule has 0 fully saturated rings. The van der Waals surface area contributed by atoms with Gasteiger partial charge in [-0.3, -0.25) is 9.59 Å². The average molecular weight is 419 g/mol. The molecule has 0 saturated carbocycles. The molecule has 1 heterocycles. The van der Waals surface area contributed by atoms with Crippen LogP contribution in [-0.4, -0.2) is 22.7 Å². The summed E-state index contributed by atoms with van der Waals surface area (Å²) in [5.74, 6) is -1.39. The van der Waals surface area contributed by atoms with E-state index in [1.807, 2.05) is 0 Å². The number of thiazole rings is 1. The molecule has 0 radical (unpaired) electrons. The van der Waals surface area contributed by atoms with Crippen molar-refractivity contribution < 1.29 is 14.0 Å². The van der Waals surface area contributed by atoms with Crippen molar-refractivity contribution in [1.82, 2.24) is 4.98 Å². The van der Waals surface area contributed by atoms with Crippen LogP contribution in [0, 0.1) is 5.82 Å². The smallest absolute Gasteiger partial charge is 0.240 e. The Balaban J connectivity index is 2.03. The second-order valence-electron chi connectivity index (χ2n) is 5.97. The van der Waals surface area contributed by atoms with Crippen molar-refractivity contribution in [3.8, 4) is 0 Å². The van der Waals surface area contributed by atoms with Gasteiger partial charge in [0, 0.05) is 16.3 Å². The van der Waals surface area contributed by atoms with Gasteiger partial charge in [0.1, 0.15) is 22.6 Å². The monoisotopic (exact) mass is 418 g/mol. The number of aromatic nitrogens is 1. The number of hydrogen-bond donors (Lipinski definition) is 2. The summed E-state index contributed by atoms with van der Waals surface area (Å²) in [7, 11) is 0. The third-order valence-electron chi connectivity index (χ3n) is 4.06. The number of nitrogen functional groups attached to an aromatic ring is 1. The van der Waals surface area contributed by atoms with Crippen LogP contribution in [0.25, 0.3) is 0 Å². The van der Waals surface area contributed by atoms with E-state index in [1.54, 1.807) is 36.1 Å². The van der Waals surface area contributed by atoms with Gasteiger partial charge >= 0.3 is 0 Å². The molecule has 0 spiro atoms. The molecule has 1 amide bonds. The fraction of sp³-hybridized carbons (Fsp3) is 0.105. The molecule has 1 atom stereocenters. The van der Waals surface area contributed by atoms with Crippen LogP contribution in [0.4, 0.5) is 21.0 Å². The molecule has 0 saturated heterocycles. The van der Waals surface area contributed by atoms with E-state index in [0.29, 0.717) is 15.8 Å². The number of ketones is 1. The summed E-state index contributed by atoms with van der Waals surface area (Å²) < 4.78 is 13.1. The number of primary amides is 1. The first kappa shape index (κ1) is 19.8. The third kappa shape index (κ3) is 3.97. The molecule has 9 heteroatoms. The second-order valence-corrected chi connectivity index (χ2v) is 7.39. The molecule has 144 valence electrons. The largest absolute Gasteiger partial charge is 0.382 e. The first-order chi connectivity index (χ1) is 13.3. The van der Waals surface area contributed by atoms with Gasteiger partial charge in [0.2, 0.25) is 11.7 Å². The van der Waals surface area contributed by atoms with Crippen LogP contribution in [0.5, 0.6) is 0 Å². The van der Waals surface area contributed by atoms with E-state index >= 15 is 0 Å². The zero-order valence-corrected chi connectivity index (χ0v) is 16.3. The number of amides is 1. The van der Waals surface area contributed by atoms with Gasteiger partial charge in [-0.1, -0.05) is 22.9 Å². The minimum atomic E-state index is -0.750. The standard InChI is InChI=1S/C19H16ClFN4O2S/c1-10(18(23)27)25(14-8-4-12(20)5-9-14)19-24-17(22)16(28-19)15(26)11-2-6-13(21)7-3-11/h2-10H,22H2,1H3,(H2,23,27)/t10-/m0/s1. The fourth-order valence-corrected chi connectivity index (χ4v) is 3.72. The van der Waals surface area contributed by atoms with Crippen LogP contribution in [0.1, 0.15) is 22.2 Å². The molecule has 1 aromatic heterocycles. The highest BCUT2D eigenvalue weighted by Gasteiger charge is 2.27. The van der Waals surface area contributed by atoms with E-state index < -0.39 is 17.8 Å². The van der Waals surface area contributed by atoms with E-state index in [0.717, 1.165) is 11.3 Å². The van der Waals surface area contributed by atoms with Gasteiger partial charge in [-0.15, -0.1) is 0 Å². The van der Waals surface area contributed by atoms with Crippen molar-refractivity contribution in [3.05, 3.63) is 69.8 Å². The van der Waals surface area contributed by atoms with Crippen molar-refractivity contribution in [2.75, 3.05) is 10.6 Å². The van der Waals surface area contributed by atoms with Crippen LogP contribution in [-0.2, 0) is 4.79 Å². The van der Waals surface area contributed by atoms with Crippen LogP contribution in [0.3, 0.4) is 0 Å². The summed E-state index contributed by atoms with van der Waals surface area (Å²) in [4.78, 5) is 30.6. The summed E-state index contributed by atoms with van der Waals surface area (Å²) in [6.45, 7) is 1.62. The molecule has 2 aromatic carbocycles. The predicted molar refractivity (Wildman–Crippen MR) is 109 cm³/mol. The number of halogens is 2. The van der Waals surface area contributed by atoms with E-state index in [-0.39, 0.29) is 22.0 Å². The molecule has 0 aliphatic rings. The van der Waals surface area contributed by atoms with Gasteiger partial charge < -0.3 is 16.4 Å². The number of anilines is 3. The fourth-order valence-electron chi connectivity index (χ4n) is 2.55. The van der Waals surface area contributed by atoms with Gasteiger partial charge in [0.05, 0.1) is 0 Å². The Labute approximate surface area is 169 Å². The summed E-state index contributed by atoms with van der Waals surface area (Å²) >= 11 is 6.97. The Bertz CT molecular complexity index is 1020. The average Bonchev–Trinajstić information content (AvgIpc) is 3.04. The first-order valence-corrected chi connectivity index (χ1v) is 9.38. The maximum Gasteiger partial charge on any atom is 0.240 e. The van der Waals surface area contributed by atoms with E-state index in [2.05, 4.69) is 4.98 Å². The minimum absolute atomic E-state index is 0.0185. The highest BCUT2D eigenvalue weighted by Crippen LogP contribution is 2.36. The molecular formula is C19H16ClFN4O2S. The number of benzene rings is 2. The van der Waals surface area contributed by atoms with Crippen LogP contribution < -0.4 is 16.4 Å². The quantitative estimate of drug-likeness (QED) is 0.593. The maximum atomic E-state index is 13.1. The SMILES string of the molecule is C[C@@H](C(N)=O)N(c1ccc(Cl)cc1)c1nc(N)c(C(=O)c2ccc(F)cc2)s1. The Hall–Kier alpha value is -2.97. The van der Waals surface area contributed by atoms with E-state index in [4.69, 9.17) is 23.1 Å². The van der Waals surface area contributed by atoms with Crippen molar-refractivity contribution in [3.63, 3.8) is 0 Å². The zero-order valence-electron chi connectivity index (χ0n) is 14.7. The normalized spacial score (nSPS) is 11.8. The second kappa shape index (κ2) is 7.95. The lowest BCUT2D eigenvalue weighted by Gasteiger charge is -2.26. The molecule has 0 bridgehead atoms. The van der Waals surface area contributed by atoms with Crippen LogP contribution >= 0.6 is 22.9 Å². The number of nitrogens with two attached hydrogens (primary N) is 2. The molecule has 0 aliphatic carbocycles. The molecule has 0 aliphatic heterocycles.